The van der Waals surface area contributed by atoms with Gasteiger partial charge < -0.3 is 10.2 Å². The Morgan fingerprint density at radius 3 is 2.20 bits per heavy atom. The average Bonchev–Trinajstić information content (AvgIpc) is 3.38. The third kappa shape index (κ3) is 2.88. The van der Waals surface area contributed by atoms with E-state index in [1.54, 1.807) is 0 Å². The first kappa shape index (κ1) is 16.7. The number of nitrogens with zero attached hydrogens (tertiary/aromatic N) is 2. The molecule has 3 nitrogen and oxygen atoms in total. The number of nitrogens with one attached hydrogen (secondary N) is 1. The Labute approximate surface area is 155 Å². The largest absolute Gasteiger partial charge is 0.365 e. The van der Waals surface area contributed by atoms with Crippen molar-refractivity contribution in [2.45, 2.75) is 62.7 Å². The molecule has 4 heteroatoms. The molecule has 2 saturated heterocycles. The summed E-state index contributed by atoms with van der Waals surface area (Å²) in [5.74, 6) is 0. The highest BCUT2D eigenvalue weighted by Gasteiger charge is 2.42. The van der Waals surface area contributed by atoms with Gasteiger partial charge >= 0.3 is 0 Å². The van der Waals surface area contributed by atoms with E-state index in [4.69, 9.17) is 0 Å². The van der Waals surface area contributed by atoms with Gasteiger partial charge in [-0.2, -0.15) is 5.26 Å². The van der Waals surface area contributed by atoms with Gasteiger partial charge in [-0.05, 0) is 50.7 Å². The van der Waals surface area contributed by atoms with Crippen molar-refractivity contribution in [2.24, 2.45) is 0 Å². The molecular weight excluding hydrogens is 330 g/mol. The molecule has 5 rings (SSSR count). The van der Waals surface area contributed by atoms with Crippen LogP contribution in [0.1, 0.15) is 44.1 Å². The van der Waals surface area contributed by atoms with E-state index in [1.807, 2.05) is 12.1 Å². The van der Waals surface area contributed by atoms with Crippen molar-refractivity contribution in [1.29, 1.82) is 5.26 Å². The standard InChI is InChI=1S/C21H23N3.ClH/c22-13-14-5-10-21(20-4-2-1-3-19(14)20)24-17-8-9-18(24)12-16(11-17)23-15-6-7-15;/h1-5,10,15-18,23H,6-9,11-12H2;1H. The number of hydrogen-bond acceptors (Lipinski definition) is 3. The predicted molar refractivity (Wildman–Crippen MR) is 104 cm³/mol. The molecule has 2 aromatic rings. The number of halogens is 1. The number of rotatable bonds is 3. The van der Waals surface area contributed by atoms with Crippen molar-refractivity contribution in [3.63, 3.8) is 0 Å². The Kier molecular flexibility index (Phi) is 4.35. The van der Waals surface area contributed by atoms with E-state index in [0.29, 0.717) is 18.1 Å². The van der Waals surface area contributed by atoms with Crippen LogP contribution in [0.3, 0.4) is 0 Å². The molecule has 0 aromatic heterocycles. The summed E-state index contributed by atoms with van der Waals surface area (Å²) in [6.07, 6.45) is 7.89. The molecule has 2 unspecified atom stereocenters. The number of anilines is 1. The summed E-state index contributed by atoms with van der Waals surface area (Å²) in [6.45, 7) is 0. The molecule has 25 heavy (non-hydrogen) atoms. The Morgan fingerprint density at radius 1 is 0.880 bits per heavy atom. The van der Waals surface area contributed by atoms with Crippen molar-refractivity contribution in [1.82, 2.24) is 5.32 Å². The third-order valence-corrected chi connectivity index (χ3v) is 6.08. The molecule has 3 fully saturated rings. The van der Waals surface area contributed by atoms with E-state index in [9.17, 15) is 5.26 Å². The lowest BCUT2D eigenvalue weighted by molar-refractivity contribution is 0.354. The van der Waals surface area contributed by atoms with Gasteiger partial charge in [-0.1, -0.05) is 24.3 Å². The molecule has 130 valence electrons. The molecule has 2 aromatic carbocycles. The minimum absolute atomic E-state index is 0. The van der Waals surface area contributed by atoms with Crippen molar-refractivity contribution in [3.8, 4) is 6.07 Å². The van der Waals surface area contributed by atoms with Gasteiger partial charge in [0.2, 0.25) is 0 Å². The van der Waals surface area contributed by atoms with Gasteiger partial charge in [-0.25, -0.2) is 0 Å². The molecule has 0 spiro atoms. The minimum atomic E-state index is 0. The fourth-order valence-electron chi connectivity index (χ4n) is 4.90. The van der Waals surface area contributed by atoms with Gasteiger partial charge in [-0.15, -0.1) is 12.4 Å². The van der Waals surface area contributed by atoms with Crippen LogP contribution in [0.25, 0.3) is 10.8 Å². The molecule has 2 heterocycles. The first-order valence-electron chi connectivity index (χ1n) is 9.29. The van der Waals surface area contributed by atoms with Gasteiger partial charge in [-0.3, -0.25) is 0 Å². The van der Waals surface area contributed by atoms with Crippen molar-refractivity contribution >= 4 is 28.9 Å². The van der Waals surface area contributed by atoms with Crippen LogP contribution in [-0.4, -0.2) is 24.2 Å². The summed E-state index contributed by atoms with van der Waals surface area (Å²) in [6, 6.07) is 17.7. The van der Waals surface area contributed by atoms with Crippen molar-refractivity contribution < 1.29 is 0 Å². The van der Waals surface area contributed by atoms with Crippen molar-refractivity contribution in [2.75, 3.05) is 4.90 Å². The Bertz CT molecular complexity index is 809. The molecule has 1 aliphatic carbocycles. The van der Waals surface area contributed by atoms with E-state index >= 15 is 0 Å². The Hall–Kier alpha value is -1.76. The smallest absolute Gasteiger partial charge is 0.0998 e. The lowest BCUT2D eigenvalue weighted by Gasteiger charge is -2.41. The number of benzene rings is 2. The molecular formula is C21H24ClN3. The molecule has 0 amide bonds. The number of nitriles is 1. The second-order valence-corrected chi connectivity index (χ2v) is 7.69. The van der Waals surface area contributed by atoms with Crippen LogP contribution in [0.5, 0.6) is 0 Å². The van der Waals surface area contributed by atoms with Gasteiger partial charge in [0.15, 0.2) is 0 Å². The summed E-state index contributed by atoms with van der Waals surface area (Å²) in [5, 5.41) is 15.6. The number of hydrogen-bond donors (Lipinski definition) is 1. The maximum absolute atomic E-state index is 9.41. The molecule has 1 N–H and O–H groups in total. The van der Waals surface area contributed by atoms with Gasteiger partial charge in [0.25, 0.3) is 0 Å². The van der Waals surface area contributed by atoms with E-state index in [2.05, 4.69) is 40.6 Å². The topological polar surface area (TPSA) is 39.1 Å². The van der Waals surface area contributed by atoms with Crippen LogP contribution in [0.15, 0.2) is 36.4 Å². The van der Waals surface area contributed by atoms with Crippen LogP contribution in [-0.2, 0) is 0 Å². The maximum atomic E-state index is 9.41. The number of piperidine rings is 1. The quantitative estimate of drug-likeness (QED) is 0.889. The minimum Gasteiger partial charge on any atom is -0.365 e. The summed E-state index contributed by atoms with van der Waals surface area (Å²) >= 11 is 0. The van der Waals surface area contributed by atoms with Crippen LogP contribution in [0, 0.1) is 11.3 Å². The fraction of sp³-hybridized carbons (Fsp3) is 0.476. The second kappa shape index (κ2) is 6.52. The lowest BCUT2D eigenvalue weighted by Crippen LogP contribution is -2.49. The second-order valence-electron chi connectivity index (χ2n) is 7.69. The zero-order valence-electron chi connectivity index (χ0n) is 14.3. The third-order valence-electron chi connectivity index (χ3n) is 6.08. The van der Waals surface area contributed by atoms with Crippen LogP contribution < -0.4 is 10.2 Å². The summed E-state index contributed by atoms with van der Waals surface area (Å²) in [5.41, 5.74) is 2.12. The van der Waals surface area contributed by atoms with E-state index in [0.717, 1.165) is 17.0 Å². The van der Waals surface area contributed by atoms with Gasteiger partial charge in [0.1, 0.15) is 0 Å². The zero-order chi connectivity index (χ0) is 16.1. The highest BCUT2D eigenvalue weighted by atomic mass is 35.5. The van der Waals surface area contributed by atoms with Crippen LogP contribution >= 0.6 is 12.4 Å². The first-order valence-corrected chi connectivity index (χ1v) is 9.29. The molecule has 3 aliphatic rings. The van der Waals surface area contributed by atoms with Gasteiger partial charge in [0.05, 0.1) is 11.6 Å². The average molecular weight is 354 g/mol. The maximum Gasteiger partial charge on any atom is 0.0998 e. The number of fused-ring (bicyclic) bond motifs is 3. The van der Waals surface area contributed by atoms with Gasteiger partial charge in [0, 0.05) is 40.6 Å². The Balaban J connectivity index is 0.00000157. The fourth-order valence-corrected chi connectivity index (χ4v) is 4.90. The molecule has 2 bridgehead atoms. The predicted octanol–water partition coefficient (Wildman–Crippen LogP) is 4.39. The molecule has 2 aliphatic heterocycles. The van der Waals surface area contributed by atoms with E-state index < -0.39 is 0 Å². The summed E-state index contributed by atoms with van der Waals surface area (Å²) in [7, 11) is 0. The van der Waals surface area contributed by atoms with Crippen molar-refractivity contribution in [3.05, 3.63) is 42.0 Å². The molecule has 0 radical (unpaired) electrons. The molecule has 1 saturated carbocycles. The summed E-state index contributed by atoms with van der Waals surface area (Å²) in [4.78, 5) is 2.68. The monoisotopic (exact) mass is 353 g/mol. The first-order chi connectivity index (χ1) is 11.8. The summed E-state index contributed by atoms with van der Waals surface area (Å²) < 4.78 is 0. The van der Waals surface area contributed by atoms with Crippen LogP contribution in [0.2, 0.25) is 0 Å². The SMILES string of the molecule is Cl.N#Cc1ccc(N2C3CCC2CC(NC2CC2)C3)c2ccccc12. The molecule has 2 atom stereocenters. The normalized spacial score (nSPS) is 27.8. The highest BCUT2D eigenvalue weighted by Crippen LogP contribution is 2.43. The Morgan fingerprint density at radius 2 is 1.56 bits per heavy atom. The van der Waals surface area contributed by atoms with E-state index in [1.165, 1.54) is 49.6 Å². The van der Waals surface area contributed by atoms with Crippen LogP contribution in [0.4, 0.5) is 5.69 Å². The van der Waals surface area contributed by atoms with E-state index in [-0.39, 0.29) is 12.4 Å². The highest BCUT2D eigenvalue weighted by molar-refractivity contribution is 5.98. The lowest BCUT2D eigenvalue weighted by atomic mass is 9.94. The zero-order valence-corrected chi connectivity index (χ0v) is 15.1.